The molecule has 1 saturated heterocycles. The third-order valence-electron chi connectivity index (χ3n) is 4.53. The predicted molar refractivity (Wildman–Crippen MR) is 97.2 cm³/mol. The van der Waals surface area contributed by atoms with E-state index >= 15 is 0 Å². The molecule has 0 amide bonds. The molecule has 1 atom stereocenters. The van der Waals surface area contributed by atoms with Gasteiger partial charge in [-0.2, -0.15) is 0 Å². The van der Waals surface area contributed by atoms with E-state index in [-0.39, 0.29) is 12.5 Å². The van der Waals surface area contributed by atoms with E-state index < -0.39 is 5.60 Å². The Morgan fingerprint density at radius 2 is 1.96 bits per heavy atom. The van der Waals surface area contributed by atoms with E-state index in [1.54, 1.807) is 0 Å². The fourth-order valence-corrected chi connectivity index (χ4v) is 3.54. The van der Waals surface area contributed by atoms with Crippen molar-refractivity contribution in [2.45, 2.75) is 77.5 Å². The van der Waals surface area contributed by atoms with E-state index in [1.807, 2.05) is 27.7 Å². The summed E-state index contributed by atoms with van der Waals surface area (Å²) < 4.78 is 5.31. The van der Waals surface area contributed by atoms with Crippen LogP contribution in [0.15, 0.2) is 4.99 Å². The van der Waals surface area contributed by atoms with Gasteiger partial charge in [0.05, 0.1) is 0 Å². The van der Waals surface area contributed by atoms with Crippen molar-refractivity contribution in [3.05, 3.63) is 0 Å². The van der Waals surface area contributed by atoms with Crippen LogP contribution in [-0.2, 0) is 9.53 Å². The van der Waals surface area contributed by atoms with Crippen molar-refractivity contribution >= 4 is 11.9 Å². The smallest absolute Gasteiger partial charge is 0.328 e. The van der Waals surface area contributed by atoms with E-state index in [4.69, 9.17) is 4.74 Å². The number of guanidine groups is 1. The summed E-state index contributed by atoms with van der Waals surface area (Å²) in [6, 6.07) is 1.18. The molecule has 24 heavy (non-hydrogen) atoms. The number of aliphatic imine (C=N–C) groups is 1. The summed E-state index contributed by atoms with van der Waals surface area (Å²) >= 11 is 0. The second-order valence-electron chi connectivity index (χ2n) is 7.84. The molecule has 0 bridgehead atoms. The molecular weight excluding hydrogens is 304 g/mol. The van der Waals surface area contributed by atoms with Crippen LogP contribution in [0.5, 0.6) is 0 Å². The van der Waals surface area contributed by atoms with E-state index in [1.165, 1.54) is 25.7 Å². The molecule has 0 aromatic carbocycles. The van der Waals surface area contributed by atoms with Crippen LogP contribution in [-0.4, -0.2) is 60.7 Å². The number of nitrogens with one attached hydrogen (secondary N) is 2. The van der Waals surface area contributed by atoms with Crippen LogP contribution >= 0.6 is 0 Å². The zero-order valence-corrected chi connectivity index (χ0v) is 15.7. The summed E-state index contributed by atoms with van der Waals surface area (Å²) in [4.78, 5) is 18.8. The minimum absolute atomic E-state index is 0.0473. The van der Waals surface area contributed by atoms with E-state index in [2.05, 4.69) is 20.5 Å². The molecule has 2 rings (SSSR count). The number of rotatable bonds is 5. The van der Waals surface area contributed by atoms with E-state index in [0.717, 1.165) is 32.1 Å². The van der Waals surface area contributed by atoms with Crippen LogP contribution in [0.3, 0.4) is 0 Å². The first-order valence-electron chi connectivity index (χ1n) is 9.38. The van der Waals surface area contributed by atoms with E-state index in [0.29, 0.717) is 12.0 Å². The molecule has 2 N–H and O–H groups in total. The number of esters is 1. The van der Waals surface area contributed by atoms with E-state index in [9.17, 15) is 4.79 Å². The molecule has 2 fully saturated rings. The van der Waals surface area contributed by atoms with Crippen LogP contribution in [0.2, 0.25) is 0 Å². The monoisotopic (exact) mass is 338 g/mol. The van der Waals surface area contributed by atoms with Crippen molar-refractivity contribution in [2.75, 3.05) is 26.2 Å². The van der Waals surface area contributed by atoms with Gasteiger partial charge >= 0.3 is 5.97 Å². The summed E-state index contributed by atoms with van der Waals surface area (Å²) in [5.74, 6) is 0.417. The van der Waals surface area contributed by atoms with Crippen molar-refractivity contribution < 1.29 is 9.53 Å². The first-order valence-corrected chi connectivity index (χ1v) is 9.38. The molecule has 138 valence electrons. The van der Waals surface area contributed by atoms with Gasteiger partial charge in [0, 0.05) is 31.7 Å². The Hall–Kier alpha value is -1.30. The van der Waals surface area contributed by atoms with Crippen molar-refractivity contribution in [1.82, 2.24) is 15.5 Å². The number of carbonyl (C=O) groups is 1. The topological polar surface area (TPSA) is 66.0 Å². The lowest BCUT2D eigenvalue weighted by molar-refractivity contribution is -0.152. The average Bonchev–Trinajstić information content (AvgIpc) is 3.14. The van der Waals surface area contributed by atoms with Gasteiger partial charge in [-0.25, -0.2) is 4.99 Å². The molecule has 1 aliphatic carbocycles. The van der Waals surface area contributed by atoms with Gasteiger partial charge in [0.2, 0.25) is 0 Å². The second-order valence-corrected chi connectivity index (χ2v) is 7.84. The zero-order valence-electron chi connectivity index (χ0n) is 15.7. The van der Waals surface area contributed by atoms with Gasteiger partial charge in [0.1, 0.15) is 12.1 Å². The maximum Gasteiger partial charge on any atom is 0.328 e. The van der Waals surface area contributed by atoms with Crippen LogP contribution < -0.4 is 10.6 Å². The third kappa shape index (κ3) is 6.30. The number of likely N-dealkylation sites (tertiary alicyclic amines) is 1. The minimum Gasteiger partial charge on any atom is -0.459 e. The number of ether oxygens (including phenoxy) is 1. The number of nitrogens with zero attached hydrogens (tertiary/aromatic N) is 2. The van der Waals surface area contributed by atoms with Gasteiger partial charge in [-0.15, -0.1) is 0 Å². The van der Waals surface area contributed by atoms with Crippen LogP contribution in [0.1, 0.15) is 59.8 Å². The molecular formula is C18H34N4O2. The van der Waals surface area contributed by atoms with Crippen molar-refractivity contribution in [1.29, 1.82) is 0 Å². The molecule has 6 heteroatoms. The van der Waals surface area contributed by atoms with Gasteiger partial charge in [-0.3, -0.25) is 9.69 Å². The average molecular weight is 338 g/mol. The first-order chi connectivity index (χ1) is 11.4. The van der Waals surface area contributed by atoms with Gasteiger partial charge in [-0.05, 0) is 47.0 Å². The normalized spacial score (nSPS) is 23.5. The standard InChI is InChI=1S/C18H34N4O2/c1-5-19-17(20-12-16(23)24-18(2,3)4)21-14-10-11-22(13-14)15-8-6-7-9-15/h14-15H,5-13H2,1-4H3,(H2,19,20,21). The highest BCUT2D eigenvalue weighted by atomic mass is 16.6. The lowest BCUT2D eigenvalue weighted by atomic mass is 10.2. The van der Waals surface area contributed by atoms with Gasteiger partial charge < -0.3 is 15.4 Å². The summed E-state index contributed by atoms with van der Waals surface area (Å²) in [6.07, 6.45) is 6.57. The highest BCUT2D eigenvalue weighted by Crippen LogP contribution is 2.26. The fraction of sp³-hybridized carbons (Fsp3) is 0.889. The maximum absolute atomic E-state index is 11.8. The Kier molecular flexibility index (Phi) is 6.90. The van der Waals surface area contributed by atoms with Crippen molar-refractivity contribution in [3.63, 3.8) is 0 Å². The van der Waals surface area contributed by atoms with Gasteiger partial charge in [0.25, 0.3) is 0 Å². The molecule has 0 aromatic heterocycles. The molecule has 0 radical (unpaired) electrons. The second kappa shape index (κ2) is 8.70. The Morgan fingerprint density at radius 1 is 1.25 bits per heavy atom. The molecule has 0 aromatic rings. The summed E-state index contributed by atoms with van der Waals surface area (Å²) in [5.41, 5.74) is -0.467. The lowest BCUT2D eigenvalue weighted by Crippen LogP contribution is -2.45. The predicted octanol–water partition coefficient (Wildman–Crippen LogP) is 1.90. The summed E-state index contributed by atoms with van der Waals surface area (Å²) in [7, 11) is 0. The van der Waals surface area contributed by atoms with Crippen LogP contribution in [0, 0.1) is 0 Å². The quantitative estimate of drug-likeness (QED) is 0.455. The Balaban J connectivity index is 1.82. The summed E-state index contributed by atoms with van der Waals surface area (Å²) in [6.45, 7) is 10.7. The molecule has 1 saturated carbocycles. The van der Waals surface area contributed by atoms with Crippen LogP contribution in [0.25, 0.3) is 0 Å². The minimum atomic E-state index is -0.467. The number of hydrogen-bond donors (Lipinski definition) is 2. The zero-order chi connectivity index (χ0) is 17.6. The van der Waals surface area contributed by atoms with Gasteiger partial charge in [-0.1, -0.05) is 12.8 Å². The highest BCUT2D eigenvalue weighted by molar-refractivity contribution is 5.83. The SMILES string of the molecule is CCNC(=NCC(=O)OC(C)(C)C)NC1CCN(C2CCCC2)C1. The fourth-order valence-electron chi connectivity index (χ4n) is 3.54. The summed E-state index contributed by atoms with van der Waals surface area (Å²) in [5, 5.41) is 6.70. The molecule has 0 spiro atoms. The number of hydrogen-bond acceptors (Lipinski definition) is 4. The Labute approximate surface area is 146 Å². The van der Waals surface area contributed by atoms with Crippen LogP contribution in [0.4, 0.5) is 0 Å². The Morgan fingerprint density at radius 3 is 2.58 bits per heavy atom. The third-order valence-corrected chi connectivity index (χ3v) is 4.53. The molecule has 1 aliphatic heterocycles. The lowest BCUT2D eigenvalue weighted by Gasteiger charge is -2.24. The Bertz CT molecular complexity index is 439. The molecule has 6 nitrogen and oxygen atoms in total. The molecule has 1 unspecified atom stereocenters. The largest absolute Gasteiger partial charge is 0.459 e. The van der Waals surface area contributed by atoms with Crippen molar-refractivity contribution in [2.24, 2.45) is 4.99 Å². The molecule has 1 heterocycles. The maximum atomic E-state index is 11.8. The highest BCUT2D eigenvalue weighted by Gasteiger charge is 2.30. The van der Waals surface area contributed by atoms with Gasteiger partial charge in [0.15, 0.2) is 5.96 Å². The van der Waals surface area contributed by atoms with Crippen molar-refractivity contribution in [3.8, 4) is 0 Å². The first kappa shape index (κ1) is 19.0. The number of carbonyl (C=O) groups excluding carboxylic acids is 1. The molecule has 2 aliphatic rings.